The highest BCUT2D eigenvalue weighted by Crippen LogP contribution is 2.06. The van der Waals surface area contributed by atoms with Gasteiger partial charge in [0.2, 0.25) is 0 Å². The number of benzene rings is 1. The molecule has 0 aliphatic heterocycles. The number of hydrogen-bond acceptors (Lipinski definition) is 3. The number of hydrogen-bond donors (Lipinski definition) is 1. The van der Waals surface area contributed by atoms with Crippen LogP contribution in [0.4, 0.5) is 4.39 Å². The van der Waals surface area contributed by atoms with E-state index < -0.39 is 11.7 Å². The summed E-state index contributed by atoms with van der Waals surface area (Å²) in [7, 11) is 0. The lowest BCUT2D eigenvalue weighted by Gasteiger charge is -2.02. The number of rotatable bonds is 3. The summed E-state index contributed by atoms with van der Waals surface area (Å²) in [5.74, 6) is -0.635. The monoisotopic (exact) mass is 246 g/mol. The third-order valence-corrected chi connectivity index (χ3v) is 2.32. The fraction of sp³-hybridized carbons (Fsp3) is 0.0769. The van der Waals surface area contributed by atoms with E-state index in [1.54, 1.807) is 25.1 Å². The molecule has 0 aliphatic carbocycles. The predicted molar refractivity (Wildman–Crippen MR) is 64.8 cm³/mol. The van der Waals surface area contributed by atoms with Crippen molar-refractivity contribution >= 4 is 11.6 Å². The molecule has 2 rings (SSSR count). The van der Waals surface area contributed by atoms with Crippen LogP contribution in [-0.4, -0.2) is 11.6 Å². The quantitative estimate of drug-likeness (QED) is 0.668. The van der Waals surface area contributed by atoms with Crippen LogP contribution in [-0.2, 0) is 0 Å². The minimum absolute atomic E-state index is 0.0477. The second-order valence-corrected chi connectivity index (χ2v) is 3.60. The predicted octanol–water partition coefficient (Wildman–Crippen LogP) is 2.57. The molecule has 1 amide bonds. The van der Waals surface area contributed by atoms with Gasteiger partial charge in [0.05, 0.1) is 11.8 Å². The van der Waals surface area contributed by atoms with Crippen LogP contribution in [0.5, 0.6) is 0 Å². The van der Waals surface area contributed by atoms with Crippen LogP contribution in [0.2, 0.25) is 0 Å². The summed E-state index contributed by atoms with van der Waals surface area (Å²) in [5, 5.41) is 3.84. The highest BCUT2D eigenvalue weighted by Gasteiger charge is 2.10. The van der Waals surface area contributed by atoms with Gasteiger partial charge in [0, 0.05) is 0 Å². The third-order valence-electron chi connectivity index (χ3n) is 2.32. The van der Waals surface area contributed by atoms with Crippen molar-refractivity contribution in [1.29, 1.82) is 0 Å². The molecule has 4 nitrogen and oxygen atoms in total. The summed E-state index contributed by atoms with van der Waals surface area (Å²) in [5.41, 5.74) is 2.73. The zero-order valence-electron chi connectivity index (χ0n) is 9.68. The van der Waals surface area contributed by atoms with Gasteiger partial charge in [0.25, 0.3) is 5.91 Å². The fourth-order valence-corrected chi connectivity index (χ4v) is 1.38. The molecule has 2 aromatic rings. The summed E-state index contributed by atoms with van der Waals surface area (Å²) >= 11 is 0. The molecular formula is C13H11FN2O2. The van der Waals surface area contributed by atoms with E-state index >= 15 is 0 Å². The Morgan fingerprint density at radius 3 is 2.72 bits per heavy atom. The Balaban J connectivity index is 2.09. The maximum Gasteiger partial charge on any atom is 0.274 e. The van der Waals surface area contributed by atoms with Gasteiger partial charge in [0.15, 0.2) is 0 Å². The fourth-order valence-electron chi connectivity index (χ4n) is 1.38. The molecule has 1 aromatic carbocycles. The molecule has 1 N–H and O–H groups in total. The van der Waals surface area contributed by atoms with Crippen LogP contribution in [0.1, 0.15) is 23.0 Å². The lowest BCUT2D eigenvalue weighted by molar-refractivity contribution is 0.0951. The van der Waals surface area contributed by atoms with E-state index in [0.717, 1.165) is 0 Å². The van der Waals surface area contributed by atoms with Crippen LogP contribution in [0, 0.1) is 5.82 Å². The van der Waals surface area contributed by atoms with Gasteiger partial charge in [0.1, 0.15) is 17.3 Å². The molecule has 0 spiro atoms. The van der Waals surface area contributed by atoms with Gasteiger partial charge in [-0.05, 0) is 31.2 Å². The van der Waals surface area contributed by atoms with Gasteiger partial charge in [-0.3, -0.25) is 4.79 Å². The number of nitrogens with one attached hydrogen (secondary N) is 1. The highest BCUT2D eigenvalue weighted by molar-refractivity contribution is 5.99. The summed E-state index contributed by atoms with van der Waals surface area (Å²) in [4.78, 5) is 11.7. The molecule has 0 saturated heterocycles. The average Bonchev–Trinajstić information content (AvgIpc) is 2.90. The molecule has 1 aromatic heterocycles. The van der Waals surface area contributed by atoms with E-state index in [-0.39, 0.29) is 5.56 Å². The zero-order valence-corrected chi connectivity index (χ0v) is 9.68. The second kappa shape index (κ2) is 5.27. The van der Waals surface area contributed by atoms with Gasteiger partial charge < -0.3 is 4.42 Å². The van der Waals surface area contributed by atoms with Gasteiger partial charge in [-0.25, -0.2) is 9.82 Å². The first-order valence-electron chi connectivity index (χ1n) is 5.31. The van der Waals surface area contributed by atoms with Crippen molar-refractivity contribution in [1.82, 2.24) is 5.43 Å². The number of amides is 1. The summed E-state index contributed by atoms with van der Waals surface area (Å²) in [6, 6.07) is 9.14. The van der Waals surface area contributed by atoms with Crippen LogP contribution >= 0.6 is 0 Å². The van der Waals surface area contributed by atoms with Gasteiger partial charge in [-0.2, -0.15) is 5.10 Å². The maximum atomic E-state index is 13.3. The number of furan rings is 1. The van der Waals surface area contributed by atoms with Gasteiger partial charge in [-0.15, -0.1) is 0 Å². The van der Waals surface area contributed by atoms with Crippen molar-refractivity contribution in [3.05, 3.63) is 59.8 Å². The molecule has 0 fully saturated rings. The first-order valence-corrected chi connectivity index (χ1v) is 5.31. The van der Waals surface area contributed by atoms with Crippen molar-refractivity contribution in [3.63, 3.8) is 0 Å². The number of hydrazone groups is 1. The molecule has 0 aliphatic rings. The molecule has 0 unspecified atom stereocenters. The van der Waals surface area contributed by atoms with Crippen molar-refractivity contribution in [3.8, 4) is 0 Å². The normalized spacial score (nSPS) is 11.3. The van der Waals surface area contributed by atoms with Crippen LogP contribution in [0.25, 0.3) is 0 Å². The van der Waals surface area contributed by atoms with Crippen LogP contribution in [0.3, 0.4) is 0 Å². The minimum atomic E-state index is -0.598. The highest BCUT2D eigenvalue weighted by atomic mass is 19.1. The van der Waals surface area contributed by atoms with E-state index in [2.05, 4.69) is 10.5 Å². The summed E-state index contributed by atoms with van der Waals surface area (Å²) in [6.07, 6.45) is 1.51. The Morgan fingerprint density at radius 1 is 1.28 bits per heavy atom. The average molecular weight is 246 g/mol. The molecule has 0 atom stereocenters. The summed E-state index contributed by atoms with van der Waals surface area (Å²) < 4.78 is 18.4. The van der Waals surface area contributed by atoms with E-state index in [0.29, 0.717) is 11.5 Å². The zero-order chi connectivity index (χ0) is 13.0. The third kappa shape index (κ3) is 2.63. The first kappa shape index (κ1) is 12.0. The smallest absolute Gasteiger partial charge is 0.274 e. The first-order chi connectivity index (χ1) is 8.68. The Bertz CT molecular complexity index is 576. The molecule has 0 radical (unpaired) electrons. The van der Waals surface area contributed by atoms with Crippen molar-refractivity contribution < 1.29 is 13.6 Å². The Labute approximate surface area is 103 Å². The second-order valence-electron chi connectivity index (χ2n) is 3.60. The number of nitrogens with zero attached hydrogens (tertiary/aromatic N) is 1. The lowest BCUT2D eigenvalue weighted by atomic mass is 10.2. The minimum Gasteiger partial charge on any atom is -0.463 e. The largest absolute Gasteiger partial charge is 0.463 e. The summed E-state index contributed by atoms with van der Waals surface area (Å²) in [6.45, 7) is 1.68. The van der Waals surface area contributed by atoms with Crippen molar-refractivity contribution in [2.75, 3.05) is 0 Å². The Kier molecular flexibility index (Phi) is 3.52. The molecule has 5 heteroatoms. The number of carbonyl (C=O) groups excluding carboxylic acids is 1. The SMILES string of the molecule is CC(=NNC(=O)c1ccccc1F)c1ccco1. The Hall–Kier alpha value is -2.43. The van der Waals surface area contributed by atoms with Crippen molar-refractivity contribution in [2.45, 2.75) is 6.92 Å². The van der Waals surface area contributed by atoms with Crippen LogP contribution < -0.4 is 5.43 Å². The van der Waals surface area contributed by atoms with E-state index in [4.69, 9.17) is 4.42 Å². The van der Waals surface area contributed by atoms with E-state index in [1.807, 2.05) is 0 Å². The van der Waals surface area contributed by atoms with Crippen molar-refractivity contribution in [2.24, 2.45) is 5.10 Å². The lowest BCUT2D eigenvalue weighted by Crippen LogP contribution is -2.20. The molecule has 1 heterocycles. The molecule has 0 saturated carbocycles. The standard InChI is InChI=1S/C13H11FN2O2/c1-9(12-7-4-8-18-12)15-16-13(17)10-5-2-3-6-11(10)14/h2-8H,1H3,(H,16,17). The topological polar surface area (TPSA) is 54.6 Å². The molecule has 0 bridgehead atoms. The Morgan fingerprint density at radius 2 is 2.06 bits per heavy atom. The number of carbonyl (C=O) groups is 1. The van der Waals surface area contributed by atoms with Crippen LogP contribution in [0.15, 0.2) is 52.2 Å². The van der Waals surface area contributed by atoms with E-state index in [9.17, 15) is 9.18 Å². The molecule has 92 valence electrons. The molecular weight excluding hydrogens is 235 g/mol. The van der Waals surface area contributed by atoms with Gasteiger partial charge >= 0.3 is 0 Å². The van der Waals surface area contributed by atoms with E-state index in [1.165, 1.54) is 24.5 Å². The van der Waals surface area contributed by atoms with Gasteiger partial charge in [-0.1, -0.05) is 12.1 Å². The number of halogens is 1. The molecule has 18 heavy (non-hydrogen) atoms. The maximum absolute atomic E-state index is 13.3.